The number of nitrogens with one attached hydrogen (secondary N) is 1. The number of nitrogens with zero attached hydrogens (tertiary/aromatic N) is 3. The molecule has 1 rings (SSSR count). The summed E-state index contributed by atoms with van der Waals surface area (Å²) in [6.07, 6.45) is 1.35. The average Bonchev–Trinajstić information content (AvgIpc) is 2.38. The normalized spacial score (nSPS) is 11.3. The van der Waals surface area contributed by atoms with E-state index in [0.29, 0.717) is 11.3 Å². The Balaban J connectivity index is 2.88. The van der Waals surface area contributed by atoms with E-state index in [9.17, 15) is 4.79 Å². The Bertz CT molecular complexity index is 608. The Labute approximate surface area is 110 Å². The van der Waals surface area contributed by atoms with E-state index in [0.717, 1.165) is 0 Å². The molecule has 1 atom stereocenters. The maximum absolute atomic E-state index is 10.8. The summed E-state index contributed by atoms with van der Waals surface area (Å²) >= 11 is 0. The highest BCUT2D eigenvalue weighted by atomic mass is 16.5. The highest BCUT2D eigenvalue weighted by Crippen LogP contribution is 2.12. The Morgan fingerprint density at radius 3 is 2.84 bits per heavy atom. The Kier molecular flexibility index (Phi) is 4.94. The van der Waals surface area contributed by atoms with Gasteiger partial charge < -0.3 is 4.74 Å². The molecule has 0 amide bonds. The van der Waals surface area contributed by atoms with E-state index in [2.05, 4.69) is 4.99 Å². The number of ether oxygens (including phenoxy) is 1. The number of carbonyl (C=O) groups excluding carboxylic acids is 1. The summed E-state index contributed by atoms with van der Waals surface area (Å²) in [7, 11) is 0. The van der Waals surface area contributed by atoms with Crippen LogP contribution >= 0.6 is 0 Å². The van der Waals surface area contributed by atoms with Crippen molar-refractivity contribution in [2.75, 3.05) is 0 Å². The van der Waals surface area contributed by atoms with Gasteiger partial charge in [0.2, 0.25) is 0 Å². The SMILES string of the molecule is CC(=O)Oc1cccc(C=N[C@H](C#N)C(=N)C#N)c1. The second-order valence-electron chi connectivity index (χ2n) is 3.50. The van der Waals surface area contributed by atoms with Gasteiger partial charge in [0.05, 0.1) is 6.07 Å². The van der Waals surface area contributed by atoms with Crippen LogP contribution in [0.2, 0.25) is 0 Å². The molecule has 0 radical (unpaired) electrons. The first-order valence-corrected chi connectivity index (χ1v) is 5.26. The molecule has 0 fully saturated rings. The molecule has 0 aromatic heterocycles. The van der Waals surface area contributed by atoms with Crippen molar-refractivity contribution in [1.29, 1.82) is 15.9 Å². The van der Waals surface area contributed by atoms with Crippen LogP contribution in [0, 0.1) is 28.1 Å². The molecule has 6 nitrogen and oxygen atoms in total. The zero-order chi connectivity index (χ0) is 14.3. The predicted molar refractivity (Wildman–Crippen MR) is 68.1 cm³/mol. The molecule has 1 aromatic carbocycles. The van der Waals surface area contributed by atoms with E-state index >= 15 is 0 Å². The molecule has 0 spiro atoms. The fourth-order valence-electron chi connectivity index (χ4n) is 1.22. The van der Waals surface area contributed by atoms with Crippen LogP contribution in [0.3, 0.4) is 0 Å². The summed E-state index contributed by atoms with van der Waals surface area (Å²) in [5.74, 6) is -0.0736. The molecule has 0 bridgehead atoms. The van der Waals surface area contributed by atoms with Gasteiger partial charge in [-0.3, -0.25) is 15.2 Å². The van der Waals surface area contributed by atoms with Crippen molar-refractivity contribution in [1.82, 2.24) is 0 Å². The van der Waals surface area contributed by atoms with Gasteiger partial charge in [0.1, 0.15) is 17.5 Å². The summed E-state index contributed by atoms with van der Waals surface area (Å²) in [6.45, 7) is 1.29. The number of carbonyl (C=O) groups is 1. The molecular formula is C13H10N4O2. The standard InChI is InChI=1S/C13H10N4O2/c1-9(18)19-11-4-2-3-10(5-11)8-17-13(7-15)12(16)6-14/h2-5,8,13,16H,1H3/t13-/m1/s1. The van der Waals surface area contributed by atoms with Crippen molar-refractivity contribution in [3.05, 3.63) is 29.8 Å². The van der Waals surface area contributed by atoms with Gasteiger partial charge in [0.25, 0.3) is 0 Å². The minimum absolute atomic E-state index is 0.361. The number of benzene rings is 1. The van der Waals surface area contributed by atoms with E-state index in [4.69, 9.17) is 20.7 Å². The summed E-state index contributed by atoms with van der Waals surface area (Å²) in [6, 6.07) is 8.72. The molecular weight excluding hydrogens is 244 g/mol. The molecule has 0 saturated heterocycles. The molecule has 0 aliphatic heterocycles. The second kappa shape index (κ2) is 6.67. The minimum atomic E-state index is -1.12. The van der Waals surface area contributed by atoms with E-state index < -0.39 is 17.7 Å². The number of esters is 1. The van der Waals surface area contributed by atoms with Gasteiger partial charge in [-0.05, 0) is 17.7 Å². The quantitative estimate of drug-likeness (QED) is 0.498. The van der Waals surface area contributed by atoms with Crippen LogP contribution in [-0.4, -0.2) is 23.9 Å². The average molecular weight is 254 g/mol. The van der Waals surface area contributed by atoms with Crippen LogP contribution in [0.4, 0.5) is 0 Å². The van der Waals surface area contributed by atoms with Crippen molar-refractivity contribution in [2.45, 2.75) is 13.0 Å². The lowest BCUT2D eigenvalue weighted by atomic mass is 10.2. The monoisotopic (exact) mass is 254 g/mol. The third-order valence-electron chi connectivity index (χ3n) is 2.01. The summed E-state index contributed by atoms with van der Waals surface area (Å²) in [4.78, 5) is 14.6. The molecule has 6 heteroatoms. The first-order chi connectivity index (χ1) is 9.06. The molecule has 19 heavy (non-hydrogen) atoms. The molecule has 0 aliphatic rings. The van der Waals surface area contributed by atoms with Gasteiger partial charge in [-0.15, -0.1) is 0 Å². The van der Waals surface area contributed by atoms with Gasteiger partial charge in [-0.25, -0.2) is 0 Å². The number of hydrogen-bond donors (Lipinski definition) is 1. The number of hydrogen-bond acceptors (Lipinski definition) is 6. The van der Waals surface area contributed by atoms with Crippen LogP contribution in [0.25, 0.3) is 0 Å². The van der Waals surface area contributed by atoms with E-state index in [1.165, 1.54) is 13.1 Å². The van der Waals surface area contributed by atoms with Crippen LogP contribution in [0.5, 0.6) is 5.75 Å². The summed E-state index contributed by atoms with van der Waals surface area (Å²) in [5.41, 5.74) is 0.180. The van der Waals surface area contributed by atoms with Crippen LogP contribution in [0.1, 0.15) is 12.5 Å². The third kappa shape index (κ3) is 4.41. The molecule has 0 aliphatic carbocycles. The van der Waals surface area contributed by atoms with Crippen molar-refractivity contribution < 1.29 is 9.53 Å². The van der Waals surface area contributed by atoms with Gasteiger partial charge in [0.15, 0.2) is 6.04 Å². The predicted octanol–water partition coefficient (Wildman–Crippen LogP) is 1.47. The van der Waals surface area contributed by atoms with Crippen LogP contribution < -0.4 is 4.74 Å². The van der Waals surface area contributed by atoms with Gasteiger partial charge in [0, 0.05) is 13.1 Å². The number of aliphatic imine (C=N–C) groups is 1. The zero-order valence-corrected chi connectivity index (χ0v) is 10.1. The van der Waals surface area contributed by atoms with Crippen LogP contribution in [0.15, 0.2) is 29.3 Å². The highest BCUT2D eigenvalue weighted by molar-refractivity contribution is 6.03. The Morgan fingerprint density at radius 2 is 2.26 bits per heavy atom. The molecule has 0 unspecified atom stereocenters. The van der Waals surface area contributed by atoms with Crippen molar-refractivity contribution in [3.8, 4) is 17.9 Å². The lowest BCUT2D eigenvalue weighted by Crippen LogP contribution is -2.13. The molecule has 1 aromatic rings. The maximum Gasteiger partial charge on any atom is 0.308 e. The highest BCUT2D eigenvalue weighted by Gasteiger charge is 2.10. The zero-order valence-electron chi connectivity index (χ0n) is 10.1. The van der Waals surface area contributed by atoms with Gasteiger partial charge >= 0.3 is 5.97 Å². The molecule has 1 N–H and O–H groups in total. The van der Waals surface area contributed by atoms with E-state index in [1.807, 2.05) is 0 Å². The molecule has 94 valence electrons. The topological polar surface area (TPSA) is 110 Å². The lowest BCUT2D eigenvalue weighted by molar-refractivity contribution is -0.131. The fraction of sp³-hybridized carbons (Fsp3) is 0.154. The summed E-state index contributed by atoms with van der Waals surface area (Å²) < 4.78 is 4.90. The smallest absolute Gasteiger partial charge is 0.308 e. The largest absolute Gasteiger partial charge is 0.427 e. The molecule has 0 heterocycles. The summed E-state index contributed by atoms with van der Waals surface area (Å²) in [5, 5.41) is 24.5. The number of nitriles is 2. The lowest BCUT2D eigenvalue weighted by Gasteiger charge is -2.02. The van der Waals surface area contributed by atoms with Crippen molar-refractivity contribution >= 4 is 17.9 Å². The van der Waals surface area contributed by atoms with Gasteiger partial charge in [-0.2, -0.15) is 10.5 Å². The Morgan fingerprint density at radius 1 is 1.53 bits per heavy atom. The van der Waals surface area contributed by atoms with E-state index in [-0.39, 0.29) is 0 Å². The van der Waals surface area contributed by atoms with Gasteiger partial charge in [-0.1, -0.05) is 12.1 Å². The van der Waals surface area contributed by atoms with Crippen molar-refractivity contribution in [2.24, 2.45) is 4.99 Å². The third-order valence-corrected chi connectivity index (χ3v) is 2.01. The fourth-order valence-corrected chi connectivity index (χ4v) is 1.22. The molecule has 0 saturated carbocycles. The number of rotatable bonds is 4. The first-order valence-electron chi connectivity index (χ1n) is 5.26. The van der Waals surface area contributed by atoms with Crippen LogP contribution in [-0.2, 0) is 4.79 Å². The van der Waals surface area contributed by atoms with E-state index in [1.54, 1.807) is 36.4 Å². The minimum Gasteiger partial charge on any atom is -0.427 e. The second-order valence-corrected chi connectivity index (χ2v) is 3.50. The Hall–Kier alpha value is -2.99. The maximum atomic E-state index is 10.8. The van der Waals surface area contributed by atoms with Crippen molar-refractivity contribution in [3.63, 3.8) is 0 Å². The first kappa shape index (κ1) is 14.1.